The number of carbonyl (C=O) groups is 1. The first-order valence-electron chi connectivity index (χ1n) is 6.50. The van der Waals surface area contributed by atoms with Crippen LogP contribution in [0.4, 0.5) is 5.69 Å². The minimum Gasteiger partial charge on any atom is -0.493 e. The lowest BCUT2D eigenvalue weighted by molar-refractivity contribution is 0.0697. The second-order valence-electron chi connectivity index (χ2n) is 4.34. The van der Waals surface area contributed by atoms with Crippen LogP contribution in [0.5, 0.6) is 5.75 Å². The molecule has 0 radical (unpaired) electrons. The fraction of sp³-hybridized carbons (Fsp3) is 0.125. The number of hydrogen-bond donors (Lipinski definition) is 1. The van der Waals surface area contributed by atoms with Gasteiger partial charge in [-0.05, 0) is 43.3 Å². The Morgan fingerprint density at radius 1 is 1.27 bits per heavy atom. The van der Waals surface area contributed by atoms with E-state index in [-0.39, 0.29) is 5.56 Å². The largest absolute Gasteiger partial charge is 0.493 e. The predicted molar refractivity (Wildman–Crippen MR) is 88.3 cm³/mol. The number of carboxylic acids is 1. The number of nitrogens with zero attached hydrogens (tertiary/aromatic N) is 1. The summed E-state index contributed by atoms with van der Waals surface area (Å²) in [6, 6.07) is 9.52. The summed E-state index contributed by atoms with van der Waals surface area (Å²) in [6.45, 7) is 2.39. The fourth-order valence-corrected chi connectivity index (χ4v) is 2.14. The van der Waals surface area contributed by atoms with Crippen molar-refractivity contribution in [3.8, 4) is 5.75 Å². The summed E-state index contributed by atoms with van der Waals surface area (Å²) in [5, 5.41) is 9.92. The lowest BCUT2D eigenvalue weighted by atomic mass is 10.2. The number of aromatic carboxylic acids is 1. The van der Waals surface area contributed by atoms with E-state index in [1.165, 1.54) is 18.2 Å². The molecule has 2 rings (SSSR count). The third-order valence-corrected chi connectivity index (χ3v) is 3.36. The minimum atomic E-state index is -1.04. The third kappa shape index (κ3) is 4.00. The highest BCUT2D eigenvalue weighted by atomic mass is 35.5. The van der Waals surface area contributed by atoms with Crippen LogP contribution in [0.2, 0.25) is 10.0 Å². The molecule has 0 saturated carbocycles. The number of halogens is 2. The highest BCUT2D eigenvalue weighted by molar-refractivity contribution is 6.33. The Bertz CT molecular complexity index is 729. The molecular weight excluding hydrogens is 325 g/mol. The van der Waals surface area contributed by atoms with Gasteiger partial charge in [0.05, 0.1) is 22.9 Å². The summed E-state index contributed by atoms with van der Waals surface area (Å²) in [4.78, 5) is 15.2. The summed E-state index contributed by atoms with van der Waals surface area (Å²) in [5.74, 6) is -0.396. The number of hydrogen-bond acceptors (Lipinski definition) is 3. The van der Waals surface area contributed by atoms with Crippen molar-refractivity contribution in [2.45, 2.75) is 6.92 Å². The molecule has 0 spiro atoms. The van der Waals surface area contributed by atoms with Crippen LogP contribution in [0.25, 0.3) is 0 Å². The van der Waals surface area contributed by atoms with Gasteiger partial charge in [0.2, 0.25) is 0 Å². The van der Waals surface area contributed by atoms with E-state index < -0.39 is 5.97 Å². The second kappa shape index (κ2) is 7.29. The minimum absolute atomic E-state index is 0.118. The molecule has 0 heterocycles. The standard InChI is InChI=1S/C16H13Cl2NO3/c1-2-22-15-6-4-12(17)7-11(15)9-19-14-8-10(16(20)21)3-5-13(14)18/h3-9H,2H2,1H3,(H,20,21). The molecular formula is C16H13Cl2NO3. The van der Waals surface area contributed by atoms with Gasteiger partial charge in [0.15, 0.2) is 0 Å². The molecule has 22 heavy (non-hydrogen) atoms. The smallest absolute Gasteiger partial charge is 0.335 e. The molecule has 4 nitrogen and oxygen atoms in total. The first-order valence-corrected chi connectivity index (χ1v) is 7.26. The molecule has 0 fully saturated rings. The first-order chi connectivity index (χ1) is 10.5. The zero-order valence-electron chi connectivity index (χ0n) is 11.7. The zero-order valence-corrected chi connectivity index (χ0v) is 13.2. The maximum Gasteiger partial charge on any atom is 0.335 e. The average molecular weight is 338 g/mol. The maximum absolute atomic E-state index is 11.0. The Balaban J connectivity index is 2.38. The zero-order chi connectivity index (χ0) is 16.1. The molecule has 2 aromatic rings. The summed E-state index contributed by atoms with van der Waals surface area (Å²) >= 11 is 12.0. The van der Waals surface area contributed by atoms with E-state index in [1.54, 1.807) is 24.4 Å². The van der Waals surface area contributed by atoms with E-state index in [2.05, 4.69) is 4.99 Å². The Labute approximate surface area is 138 Å². The van der Waals surface area contributed by atoms with Crippen LogP contribution in [-0.2, 0) is 0 Å². The molecule has 0 atom stereocenters. The van der Waals surface area contributed by atoms with Crippen LogP contribution in [-0.4, -0.2) is 23.9 Å². The maximum atomic E-state index is 11.0. The first kappa shape index (κ1) is 16.3. The molecule has 1 N–H and O–H groups in total. The molecule has 0 amide bonds. The SMILES string of the molecule is CCOc1ccc(Cl)cc1C=Nc1cc(C(=O)O)ccc1Cl. The molecule has 2 aromatic carbocycles. The summed E-state index contributed by atoms with van der Waals surface area (Å²) < 4.78 is 5.50. The average Bonchev–Trinajstić information content (AvgIpc) is 2.48. The van der Waals surface area contributed by atoms with E-state index in [0.717, 1.165) is 0 Å². The Kier molecular flexibility index (Phi) is 5.41. The molecule has 0 aromatic heterocycles. The third-order valence-electron chi connectivity index (χ3n) is 2.81. The van der Waals surface area contributed by atoms with Crippen LogP contribution >= 0.6 is 23.2 Å². The Hall–Kier alpha value is -2.04. The summed E-state index contributed by atoms with van der Waals surface area (Å²) in [6.07, 6.45) is 1.55. The molecule has 0 aliphatic rings. The molecule has 0 bridgehead atoms. The molecule has 6 heteroatoms. The fourth-order valence-electron chi connectivity index (χ4n) is 1.79. The van der Waals surface area contributed by atoms with Crippen LogP contribution in [0.15, 0.2) is 41.4 Å². The second-order valence-corrected chi connectivity index (χ2v) is 5.19. The van der Waals surface area contributed by atoms with E-state index in [0.29, 0.717) is 33.7 Å². The number of aliphatic imine (C=N–C) groups is 1. The van der Waals surface area contributed by atoms with Gasteiger partial charge < -0.3 is 9.84 Å². The van der Waals surface area contributed by atoms with Gasteiger partial charge in [-0.15, -0.1) is 0 Å². The van der Waals surface area contributed by atoms with Crippen molar-refractivity contribution in [2.24, 2.45) is 4.99 Å². The number of rotatable bonds is 5. The van der Waals surface area contributed by atoms with Gasteiger partial charge in [-0.2, -0.15) is 0 Å². The van der Waals surface area contributed by atoms with Crippen LogP contribution < -0.4 is 4.74 Å². The van der Waals surface area contributed by atoms with Crippen molar-refractivity contribution in [3.63, 3.8) is 0 Å². The van der Waals surface area contributed by atoms with Crippen molar-refractivity contribution in [2.75, 3.05) is 6.61 Å². The number of ether oxygens (including phenoxy) is 1. The van der Waals surface area contributed by atoms with E-state index >= 15 is 0 Å². The van der Waals surface area contributed by atoms with Gasteiger partial charge >= 0.3 is 5.97 Å². The number of carboxylic acid groups (broad SMARTS) is 1. The molecule has 0 aliphatic heterocycles. The van der Waals surface area contributed by atoms with Gasteiger partial charge in [0, 0.05) is 16.8 Å². The van der Waals surface area contributed by atoms with Gasteiger partial charge in [0.1, 0.15) is 5.75 Å². The van der Waals surface area contributed by atoms with Crippen molar-refractivity contribution in [1.82, 2.24) is 0 Å². The van der Waals surface area contributed by atoms with Gasteiger partial charge in [-0.25, -0.2) is 4.79 Å². The van der Waals surface area contributed by atoms with Crippen LogP contribution in [0.1, 0.15) is 22.8 Å². The topological polar surface area (TPSA) is 58.9 Å². The predicted octanol–water partition coefficient (Wildman–Crippen LogP) is 4.84. The lowest BCUT2D eigenvalue weighted by Gasteiger charge is -2.07. The monoisotopic (exact) mass is 337 g/mol. The van der Waals surface area contributed by atoms with Crippen molar-refractivity contribution in [1.29, 1.82) is 0 Å². The van der Waals surface area contributed by atoms with Crippen LogP contribution in [0.3, 0.4) is 0 Å². The highest BCUT2D eigenvalue weighted by Crippen LogP contribution is 2.27. The highest BCUT2D eigenvalue weighted by Gasteiger charge is 2.07. The number of benzene rings is 2. The van der Waals surface area contributed by atoms with Gasteiger partial charge in [0.25, 0.3) is 0 Å². The van der Waals surface area contributed by atoms with Gasteiger partial charge in [-0.3, -0.25) is 4.99 Å². The van der Waals surface area contributed by atoms with E-state index in [4.69, 9.17) is 33.0 Å². The lowest BCUT2D eigenvalue weighted by Crippen LogP contribution is -1.96. The Morgan fingerprint density at radius 3 is 2.73 bits per heavy atom. The Morgan fingerprint density at radius 2 is 2.05 bits per heavy atom. The van der Waals surface area contributed by atoms with E-state index in [1.807, 2.05) is 6.92 Å². The van der Waals surface area contributed by atoms with Crippen molar-refractivity contribution in [3.05, 3.63) is 57.6 Å². The van der Waals surface area contributed by atoms with Crippen molar-refractivity contribution < 1.29 is 14.6 Å². The van der Waals surface area contributed by atoms with E-state index in [9.17, 15) is 4.79 Å². The van der Waals surface area contributed by atoms with Crippen molar-refractivity contribution >= 4 is 41.1 Å². The summed E-state index contributed by atoms with van der Waals surface area (Å²) in [7, 11) is 0. The quantitative estimate of drug-likeness (QED) is 0.794. The molecule has 0 saturated heterocycles. The molecule has 114 valence electrons. The normalized spacial score (nSPS) is 10.9. The summed E-state index contributed by atoms with van der Waals surface area (Å²) in [5.41, 5.74) is 1.17. The van der Waals surface area contributed by atoms with Gasteiger partial charge in [-0.1, -0.05) is 23.2 Å². The van der Waals surface area contributed by atoms with Crippen LogP contribution in [0, 0.1) is 0 Å². The molecule has 0 aliphatic carbocycles. The molecule has 0 unspecified atom stereocenters.